The molecule has 6 nitrogen and oxygen atoms in total. The molecule has 21 heavy (non-hydrogen) atoms. The van der Waals surface area contributed by atoms with Gasteiger partial charge in [0.05, 0.1) is 13.2 Å². The molecule has 1 aliphatic heterocycles. The molecule has 0 aliphatic carbocycles. The second-order valence-corrected chi connectivity index (χ2v) is 7.49. The second kappa shape index (κ2) is 6.91. The maximum Gasteiger partial charge on any atom is 0.244 e. The fourth-order valence-corrected chi connectivity index (χ4v) is 3.55. The molecular formula is C14H24N2O4S. The molecule has 1 fully saturated rings. The molecule has 0 spiro atoms. The minimum Gasteiger partial charge on any atom is -0.464 e. The predicted molar refractivity (Wildman–Crippen MR) is 79.5 cm³/mol. The molecule has 0 amide bonds. The molecule has 1 unspecified atom stereocenters. The molecule has 1 aliphatic rings. The smallest absolute Gasteiger partial charge is 0.244 e. The van der Waals surface area contributed by atoms with E-state index >= 15 is 0 Å². The number of nitrogens with one attached hydrogen (secondary N) is 2. The number of sulfonamides is 1. The van der Waals surface area contributed by atoms with Gasteiger partial charge >= 0.3 is 0 Å². The minimum absolute atomic E-state index is 0.224. The van der Waals surface area contributed by atoms with Gasteiger partial charge in [-0.25, -0.2) is 13.1 Å². The van der Waals surface area contributed by atoms with E-state index in [0.717, 1.165) is 6.42 Å². The van der Waals surface area contributed by atoms with E-state index < -0.39 is 10.0 Å². The Bertz CT molecular complexity index is 560. The maximum atomic E-state index is 12.3. The molecule has 0 saturated carbocycles. The third-order valence-electron chi connectivity index (χ3n) is 3.48. The van der Waals surface area contributed by atoms with Gasteiger partial charge in [-0.2, -0.15) is 0 Å². The summed E-state index contributed by atoms with van der Waals surface area (Å²) >= 11 is 0. The van der Waals surface area contributed by atoms with Gasteiger partial charge in [0.2, 0.25) is 10.0 Å². The molecule has 2 heterocycles. The first-order chi connectivity index (χ1) is 9.88. The Morgan fingerprint density at radius 3 is 2.81 bits per heavy atom. The summed E-state index contributed by atoms with van der Waals surface area (Å²) in [5.74, 6) is 1.31. The Labute approximate surface area is 126 Å². The van der Waals surface area contributed by atoms with Crippen molar-refractivity contribution < 1.29 is 17.6 Å². The molecule has 1 aromatic rings. The van der Waals surface area contributed by atoms with Crippen molar-refractivity contribution in [2.24, 2.45) is 5.92 Å². The standard InChI is InChI=1S/C14H24N2O4S/c1-10(2)15-8-13-6-14(11(3)20-13)21(17,18)16-7-12-4-5-19-9-12/h6,10,12,15-16H,4-5,7-9H2,1-3H3. The molecular weight excluding hydrogens is 292 g/mol. The lowest BCUT2D eigenvalue weighted by molar-refractivity contribution is 0.186. The topological polar surface area (TPSA) is 80.6 Å². The molecule has 1 saturated heterocycles. The Morgan fingerprint density at radius 1 is 1.43 bits per heavy atom. The Kier molecular flexibility index (Phi) is 5.43. The van der Waals surface area contributed by atoms with Crippen LogP contribution in [-0.2, 0) is 21.3 Å². The van der Waals surface area contributed by atoms with Crippen molar-refractivity contribution >= 4 is 10.0 Å². The van der Waals surface area contributed by atoms with Gasteiger partial charge < -0.3 is 14.5 Å². The predicted octanol–water partition coefficient (Wildman–Crippen LogP) is 1.40. The molecule has 2 N–H and O–H groups in total. The zero-order valence-electron chi connectivity index (χ0n) is 12.8. The van der Waals surface area contributed by atoms with Gasteiger partial charge in [-0.15, -0.1) is 0 Å². The van der Waals surface area contributed by atoms with Crippen LogP contribution in [0.3, 0.4) is 0 Å². The van der Waals surface area contributed by atoms with Crippen LogP contribution >= 0.6 is 0 Å². The number of hydrogen-bond acceptors (Lipinski definition) is 5. The second-order valence-electron chi connectivity index (χ2n) is 5.75. The lowest BCUT2D eigenvalue weighted by atomic mass is 10.1. The summed E-state index contributed by atoms with van der Waals surface area (Å²) in [6.45, 7) is 7.99. The van der Waals surface area contributed by atoms with E-state index in [1.807, 2.05) is 13.8 Å². The zero-order valence-corrected chi connectivity index (χ0v) is 13.6. The molecule has 1 atom stereocenters. The van der Waals surface area contributed by atoms with Crippen molar-refractivity contribution in [3.05, 3.63) is 17.6 Å². The first kappa shape index (κ1) is 16.5. The lowest BCUT2D eigenvalue weighted by Gasteiger charge is -2.09. The highest BCUT2D eigenvalue weighted by molar-refractivity contribution is 7.89. The summed E-state index contributed by atoms with van der Waals surface area (Å²) in [6.07, 6.45) is 0.899. The van der Waals surface area contributed by atoms with Crippen molar-refractivity contribution in [2.45, 2.75) is 44.7 Å². The molecule has 7 heteroatoms. The Balaban J connectivity index is 2.01. The van der Waals surface area contributed by atoms with Crippen LogP contribution in [-0.4, -0.2) is 34.2 Å². The minimum atomic E-state index is -3.52. The van der Waals surface area contributed by atoms with E-state index in [-0.39, 0.29) is 10.8 Å². The number of rotatable bonds is 7. The van der Waals surface area contributed by atoms with Gasteiger partial charge in [0.25, 0.3) is 0 Å². The van der Waals surface area contributed by atoms with Gasteiger partial charge in [0, 0.05) is 25.3 Å². The largest absolute Gasteiger partial charge is 0.464 e. The first-order valence-electron chi connectivity index (χ1n) is 7.28. The fourth-order valence-electron chi connectivity index (χ4n) is 2.23. The molecule has 120 valence electrons. The number of furan rings is 1. The van der Waals surface area contributed by atoms with Crippen LogP contribution in [0.15, 0.2) is 15.4 Å². The zero-order chi connectivity index (χ0) is 15.5. The summed E-state index contributed by atoms with van der Waals surface area (Å²) in [5.41, 5.74) is 0. The monoisotopic (exact) mass is 316 g/mol. The quantitative estimate of drug-likeness (QED) is 0.795. The van der Waals surface area contributed by atoms with Crippen molar-refractivity contribution in [1.82, 2.24) is 10.0 Å². The van der Waals surface area contributed by atoms with Crippen molar-refractivity contribution in [3.63, 3.8) is 0 Å². The van der Waals surface area contributed by atoms with Crippen molar-refractivity contribution in [3.8, 4) is 0 Å². The van der Waals surface area contributed by atoms with E-state index in [2.05, 4.69) is 10.0 Å². The Hall–Kier alpha value is -0.890. The summed E-state index contributed by atoms with van der Waals surface area (Å²) in [7, 11) is -3.52. The highest BCUT2D eigenvalue weighted by Crippen LogP contribution is 2.20. The molecule has 2 rings (SSSR count). The van der Waals surface area contributed by atoms with Gasteiger partial charge in [-0.3, -0.25) is 0 Å². The molecule has 1 aromatic heterocycles. The van der Waals surface area contributed by atoms with Crippen LogP contribution in [0.5, 0.6) is 0 Å². The SMILES string of the molecule is Cc1oc(CNC(C)C)cc1S(=O)(=O)NCC1CCOC1. The average Bonchev–Trinajstić information content (AvgIpc) is 3.03. The van der Waals surface area contributed by atoms with E-state index in [1.165, 1.54) is 0 Å². The summed E-state index contributed by atoms with van der Waals surface area (Å²) in [4.78, 5) is 0.224. The van der Waals surface area contributed by atoms with Gasteiger partial charge in [-0.05, 0) is 19.3 Å². The van der Waals surface area contributed by atoms with Crippen LogP contribution in [0.1, 0.15) is 31.8 Å². The van der Waals surface area contributed by atoms with Gasteiger partial charge in [0.1, 0.15) is 16.4 Å². The van der Waals surface area contributed by atoms with Crippen molar-refractivity contribution in [1.29, 1.82) is 0 Å². The van der Waals surface area contributed by atoms with E-state index in [9.17, 15) is 8.42 Å². The normalized spacial score (nSPS) is 19.5. The molecule has 0 bridgehead atoms. The third kappa shape index (κ3) is 4.54. The van der Waals surface area contributed by atoms with Crippen LogP contribution < -0.4 is 10.0 Å². The number of hydrogen-bond donors (Lipinski definition) is 2. The summed E-state index contributed by atoms with van der Waals surface area (Å²) in [5, 5.41) is 3.21. The third-order valence-corrected chi connectivity index (χ3v) is 5.01. The van der Waals surface area contributed by atoms with E-state index in [4.69, 9.17) is 9.15 Å². The van der Waals surface area contributed by atoms with Gasteiger partial charge in [-0.1, -0.05) is 13.8 Å². The van der Waals surface area contributed by atoms with Crippen LogP contribution in [0.2, 0.25) is 0 Å². The van der Waals surface area contributed by atoms with Crippen molar-refractivity contribution in [2.75, 3.05) is 19.8 Å². The average molecular weight is 316 g/mol. The molecule has 0 aromatic carbocycles. The fraction of sp³-hybridized carbons (Fsp3) is 0.714. The molecule has 0 radical (unpaired) electrons. The number of ether oxygens (including phenoxy) is 1. The number of aryl methyl sites for hydroxylation is 1. The van der Waals surface area contributed by atoms with Crippen LogP contribution in [0.25, 0.3) is 0 Å². The first-order valence-corrected chi connectivity index (χ1v) is 8.77. The highest BCUT2D eigenvalue weighted by Gasteiger charge is 2.24. The van der Waals surface area contributed by atoms with E-state index in [1.54, 1.807) is 13.0 Å². The van der Waals surface area contributed by atoms with Crippen LogP contribution in [0.4, 0.5) is 0 Å². The Morgan fingerprint density at radius 2 is 2.19 bits per heavy atom. The van der Waals surface area contributed by atoms with E-state index in [0.29, 0.717) is 43.9 Å². The summed E-state index contributed by atoms with van der Waals surface area (Å²) < 4.78 is 38.1. The highest BCUT2D eigenvalue weighted by atomic mass is 32.2. The van der Waals surface area contributed by atoms with Gasteiger partial charge in [0.15, 0.2) is 0 Å². The maximum absolute atomic E-state index is 12.3. The van der Waals surface area contributed by atoms with Crippen LogP contribution in [0, 0.1) is 12.8 Å². The lowest BCUT2D eigenvalue weighted by Crippen LogP contribution is -2.29. The summed E-state index contributed by atoms with van der Waals surface area (Å²) in [6, 6.07) is 1.91.